The summed E-state index contributed by atoms with van der Waals surface area (Å²) in [5, 5.41) is 13.2. The molecule has 26 heavy (non-hydrogen) atoms. The number of alkyl halides is 2. The molecule has 1 aliphatic heterocycles. The molecule has 4 N–H and O–H groups in total. The van der Waals surface area contributed by atoms with Crippen molar-refractivity contribution in [1.82, 2.24) is 21.3 Å². The second-order valence-corrected chi connectivity index (χ2v) is 8.17. The molecule has 8 atom stereocenters. The zero-order chi connectivity index (χ0) is 18.7. The fourth-order valence-corrected chi connectivity index (χ4v) is 4.91. The van der Waals surface area contributed by atoms with Crippen LogP contribution in [0.2, 0.25) is 0 Å². The number of nitrogens with one attached hydrogen (secondary N) is 4. The van der Waals surface area contributed by atoms with Gasteiger partial charge in [-0.1, -0.05) is 6.58 Å². The Bertz CT molecular complexity index is 512. The van der Waals surface area contributed by atoms with Crippen molar-refractivity contribution in [2.45, 2.75) is 74.0 Å². The molecule has 8 unspecified atom stereocenters. The highest BCUT2D eigenvalue weighted by Crippen LogP contribution is 2.32. The molecule has 1 heterocycles. The molecule has 3 aliphatic rings. The first-order chi connectivity index (χ1) is 12.5. The number of halogens is 2. The lowest BCUT2D eigenvalue weighted by Crippen LogP contribution is -2.68. The van der Waals surface area contributed by atoms with Crippen molar-refractivity contribution in [3.05, 3.63) is 12.7 Å². The van der Waals surface area contributed by atoms with Crippen LogP contribution in [0.4, 0.5) is 4.39 Å². The number of hydrogen-bond acceptors (Lipinski definition) is 5. The highest BCUT2D eigenvalue weighted by Gasteiger charge is 2.44. The van der Waals surface area contributed by atoms with Crippen LogP contribution in [0.3, 0.4) is 0 Å². The minimum atomic E-state index is -0.904. The van der Waals surface area contributed by atoms with Crippen LogP contribution in [0.15, 0.2) is 12.7 Å². The van der Waals surface area contributed by atoms with Crippen molar-refractivity contribution in [3.8, 4) is 0 Å². The fraction of sp³-hybridized carbons (Fsp3) is 0.833. The molecule has 3 fully saturated rings. The first-order valence-electron chi connectivity index (χ1n) is 9.48. The van der Waals surface area contributed by atoms with E-state index < -0.39 is 11.5 Å². The Morgan fingerprint density at radius 3 is 2.81 bits per heavy atom. The molecule has 148 valence electrons. The van der Waals surface area contributed by atoms with Gasteiger partial charge in [0, 0.05) is 31.8 Å². The van der Waals surface area contributed by atoms with Gasteiger partial charge in [0.2, 0.25) is 5.91 Å². The van der Waals surface area contributed by atoms with E-state index in [2.05, 4.69) is 27.8 Å². The number of carbonyl (C=O) groups excluding carboxylic acids is 1. The monoisotopic (exact) mass is 388 g/mol. The summed E-state index contributed by atoms with van der Waals surface area (Å²) in [4.78, 5) is 11.8. The van der Waals surface area contributed by atoms with Gasteiger partial charge in [0.25, 0.3) is 0 Å². The van der Waals surface area contributed by atoms with Gasteiger partial charge in [-0.15, -0.1) is 11.6 Å². The maximum absolute atomic E-state index is 13.6. The summed E-state index contributed by atoms with van der Waals surface area (Å²) >= 11 is 6.13. The van der Waals surface area contributed by atoms with Crippen molar-refractivity contribution in [2.24, 2.45) is 5.92 Å². The Morgan fingerprint density at radius 1 is 1.31 bits per heavy atom. The molecule has 0 radical (unpaired) electrons. The quantitative estimate of drug-likeness (QED) is 0.418. The van der Waals surface area contributed by atoms with Crippen LogP contribution in [-0.4, -0.2) is 61.6 Å². The van der Waals surface area contributed by atoms with Crippen molar-refractivity contribution in [1.29, 1.82) is 0 Å². The minimum absolute atomic E-state index is 0.0272. The highest BCUT2D eigenvalue weighted by atomic mass is 35.5. The average Bonchev–Trinajstić information content (AvgIpc) is 2.64. The van der Waals surface area contributed by atoms with Crippen LogP contribution in [0.5, 0.6) is 0 Å². The Labute approximate surface area is 159 Å². The summed E-state index contributed by atoms with van der Waals surface area (Å²) in [5.74, 6) is 0.116. The molecule has 0 bridgehead atoms. The Hall–Kier alpha value is -0.730. The standard InChI is InChI=1S/C18H30ClFN4O2/c1-3-17(25)24-15-7-11-14(8-16(15)26-2)21-9-22-18(11)23-10-4-5-13(20)12(19)6-10/h3,10-16,18,21-23H,1,4-9H2,2H3,(H,24,25). The van der Waals surface area contributed by atoms with Gasteiger partial charge in [0.05, 0.1) is 23.7 Å². The van der Waals surface area contributed by atoms with E-state index in [9.17, 15) is 9.18 Å². The second-order valence-electron chi connectivity index (χ2n) is 7.61. The second kappa shape index (κ2) is 8.97. The van der Waals surface area contributed by atoms with E-state index in [-0.39, 0.29) is 30.3 Å². The maximum atomic E-state index is 13.6. The summed E-state index contributed by atoms with van der Waals surface area (Å²) in [6.45, 7) is 4.24. The van der Waals surface area contributed by atoms with E-state index >= 15 is 0 Å². The number of ether oxygens (including phenoxy) is 1. The van der Waals surface area contributed by atoms with Gasteiger partial charge in [0.1, 0.15) is 6.17 Å². The zero-order valence-corrected chi connectivity index (χ0v) is 16.0. The summed E-state index contributed by atoms with van der Waals surface area (Å²) < 4.78 is 19.3. The Kier molecular flexibility index (Phi) is 6.91. The largest absolute Gasteiger partial charge is 0.379 e. The third-order valence-electron chi connectivity index (χ3n) is 6.02. The molecule has 0 aromatic carbocycles. The molecule has 1 saturated heterocycles. The van der Waals surface area contributed by atoms with Gasteiger partial charge < -0.3 is 15.4 Å². The van der Waals surface area contributed by atoms with Crippen molar-refractivity contribution >= 4 is 17.5 Å². The van der Waals surface area contributed by atoms with Crippen LogP contribution in [0.1, 0.15) is 32.1 Å². The topological polar surface area (TPSA) is 74.4 Å². The van der Waals surface area contributed by atoms with E-state index in [0.29, 0.717) is 31.5 Å². The number of methoxy groups -OCH3 is 1. The Morgan fingerprint density at radius 2 is 2.12 bits per heavy atom. The normalized spacial score (nSPS) is 43.3. The van der Waals surface area contributed by atoms with E-state index in [1.54, 1.807) is 7.11 Å². The molecule has 1 amide bonds. The Balaban J connectivity index is 1.64. The predicted octanol–water partition coefficient (Wildman–Crippen LogP) is 1.01. The summed E-state index contributed by atoms with van der Waals surface area (Å²) in [6.07, 6.45) is 4.04. The van der Waals surface area contributed by atoms with Crippen LogP contribution in [0.25, 0.3) is 0 Å². The van der Waals surface area contributed by atoms with E-state index in [4.69, 9.17) is 16.3 Å². The number of amides is 1. The van der Waals surface area contributed by atoms with Gasteiger partial charge >= 0.3 is 0 Å². The highest BCUT2D eigenvalue weighted by molar-refractivity contribution is 6.21. The lowest BCUT2D eigenvalue weighted by atomic mass is 9.76. The van der Waals surface area contributed by atoms with Crippen LogP contribution >= 0.6 is 11.6 Å². The molecular weight excluding hydrogens is 359 g/mol. The van der Waals surface area contributed by atoms with Crippen LogP contribution < -0.4 is 21.3 Å². The van der Waals surface area contributed by atoms with E-state index in [1.807, 2.05) is 0 Å². The van der Waals surface area contributed by atoms with Gasteiger partial charge in [-0.05, 0) is 38.2 Å². The number of hydrogen-bond donors (Lipinski definition) is 4. The fourth-order valence-electron chi connectivity index (χ4n) is 4.57. The predicted molar refractivity (Wildman–Crippen MR) is 99.7 cm³/mol. The number of carbonyl (C=O) groups is 1. The molecule has 0 spiro atoms. The SMILES string of the molecule is C=CC(=O)NC1CC2C(CC1OC)NCNC2NC1CCC(F)C(Cl)C1. The number of rotatable bonds is 5. The van der Waals surface area contributed by atoms with Crippen LogP contribution in [0, 0.1) is 5.92 Å². The first-order valence-corrected chi connectivity index (χ1v) is 9.92. The molecule has 2 aliphatic carbocycles. The van der Waals surface area contributed by atoms with Crippen molar-refractivity contribution in [2.75, 3.05) is 13.8 Å². The minimum Gasteiger partial charge on any atom is -0.379 e. The van der Waals surface area contributed by atoms with Gasteiger partial charge in [-0.25, -0.2) is 4.39 Å². The van der Waals surface area contributed by atoms with Gasteiger partial charge in [-0.2, -0.15) is 0 Å². The third-order valence-corrected chi connectivity index (χ3v) is 6.47. The van der Waals surface area contributed by atoms with Gasteiger partial charge in [-0.3, -0.25) is 15.4 Å². The first kappa shape index (κ1) is 20.0. The average molecular weight is 389 g/mol. The molecule has 0 aromatic rings. The van der Waals surface area contributed by atoms with E-state index in [0.717, 1.165) is 19.3 Å². The third kappa shape index (κ3) is 4.57. The van der Waals surface area contributed by atoms with Crippen LogP contribution in [-0.2, 0) is 9.53 Å². The molecule has 0 aromatic heterocycles. The molecule has 8 heteroatoms. The lowest BCUT2D eigenvalue weighted by molar-refractivity contribution is -0.119. The lowest BCUT2D eigenvalue weighted by Gasteiger charge is -2.49. The van der Waals surface area contributed by atoms with E-state index in [1.165, 1.54) is 6.08 Å². The summed E-state index contributed by atoms with van der Waals surface area (Å²) in [5.41, 5.74) is 0. The van der Waals surface area contributed by atoms with Crippen molar-refractivity contribution in [3.63, 3.8) is 0 Å². The molecule has 6 nitrogen and oxygen atoms in total. The number of fused-ring (bicyclic) bond motifs is 1. The zero-order valence-electron chi connectivity index (χ0n) is 15.2. The molecular formula is C18H30ClFN4O2. The summed E-state index contributed by atoms with van der Waals surface area (Å²) in [6, 6.07) is 0.460. The molecule has 3 rings (SSSR count). The van der Waals surface area contributed by atoms with Gasteiger partial charge in [0.15, 0.2) is 0 Å². The van der Waals surface area contributed by atoms with Crippen molar-refractivity contribution < 1.29 is 13.9 Å². The molecule has 2 saturated carbocycles. The summed E-state index contributed by atoms with van der Waals surface area (Å²) in [7, 11) is 1.69. The smallest absolute Gasteiger partial charge is 0.243 e. The maximum Gasteiger partial charge on any atom is 0.243 e.